The fourth-order valence-corrected chi connectivity index (χ4v) is 0.626. The standard InChI is InChI=1S/C6H14N4O2/c1-3-8-5(11)4-10(2)6(7)9-12/h12H,3-4H2,1-2H3,(H2,7,9)(H,8,11). The Balaban J connectivity index is 3.84. The molecular weight excluding hydrogens is 160 g/mol. The molecule has 0 spiro atoms. The minimum Gasteiger partial charge on any atom is -0.408 e. The van der Waals surface area contributed by atoms with Crippen LogP contribution >= 0.6 is 0 Å². The molecule has 0 aromatic rings. The van der Waals surface area contributed by atoms with Crippen LogP contribution in [-0.4, -0.2) is 42.1 Å². The number of nitrogens with one attached hydrogen (secondary N) is 1. The Labute approximate surface area is 71.0 Å². The number of nitrogens with two attached hydrogens (primary N) is 1. The van der Waals surface area contributed by atoms with E-state index in [-0.39, 0.29) is 18.4 Å². The number of hydrogen-bond donors (Lipinski definition) is 3. The number of likely N-dealkylation sites (N-methyl/N-ethyl adjacent to an activating group) is 2. The number of guanidine groups is 1. The van der Waals surface area contributed by atoms with E-state index < -0.39 is 0 Å². The molecule has 0 rings (SSSR count). The zero-order valence-corrected chi connectivity index (χ0v) is 7.24. The molecule has 70 valence electrons. The van der Waals surface area contributed by atoms with Crippen molar-refractivity contribution in [2.75, 3.05) is 20.1 Å². The molecule has 0 bridgehead atoms. The van der Waals surface area contributed by atoms with Crippen LogP contribution in [0.5, 0.6) is 0 Å². The predicted octanol–water partition coefficient (Wildman–Crippen LogP) is -1.24. The second kappa shape index (κ2) is 5.22. The molecule has 0 saturated carbocycles. The number of carbonyl (C=O) groups excluding carboxylic acids is 1. The fraction of sp³-hybridized carbons (Fsp3) is 0.667. The molecule has 0 atom stereocenters. The van der Waals surface area contributed by atoms with Crippen molar-refractivity contribution in [2.45, 2.75) is 6.92 Å². The monoisotopic (exact) mass is 174 g/mol. The smallest absolute Gasteiger partial charge is 0.239 e. The zero-order chi connectivity index (χ0) is 9.56. The van der Waals surface area contributed by atoms with E-state index >= 15 is 0 Å². The Bertz CT molecular complexity index is 180. The maximum atomic E-state index is 10.9. The number of hydrogen-bond acceptors (Lipinski definition) is 3. The minimum atomic E-state index is -0.161. The summed E-state index contributed by atoms with van der Waals surface area (Å²) < 4.78 is 0. The van der Waals surface area contributed by atoms with Gasteiger partial charge in [-0.2, -0.15) is 0 Å². The first kappa shape index (κ1) is 10.5. The average molecular weight is 174 g/mol. The summed E-state index contributed by atoms with van der Waals surface area (Å²) in [6.07, 6.45) is 0. The van der Waals surface area contributed by atoms with Crippen LogP contribution in [0, 0.1) is 0 Å². The normalized spacial score (nSPS) is 11.0. The van der Waals surface area contributed by atoms with Gasteiger partial charge in [0, 0.05) is 13.6 Å². The fourth-order valence-electron chi connectivity index (χ4n) is 0.626. The third-order valence-electron chi connectivity index (χ3n) is 1.25. The van der Waals surface area contributed by atoms with Gasteiger partial charge in [-0.25, -0.2) is 0 Å². The number of oxime groups is 1. The van der Waals surface area contributed by atoms with Crippen LogP contribution < -0.4 is 11.1 Å². The van der Waals surface area contributed by atoms with Gasteiger partial charge in [0.25, 0.3) is 0 Å². The van der Waals surface area contributed by atoms with E-state index in [1.807, 2.05) is 6.92 Å². The molecule has 4 N–H and O–H groups in total. The molecule has 0 aliphatic carbocycles. The molecular formula is C6H14N4O2. The maximum Gasteiger partial charge on any atom is 0.239 e. The van der Waals surface area contributed by atoms with Crippen molar-refractivity contribution in [3.63, 3.8) is 0 Å². The Morgan fingerprint density at radius 1 is 1.75 bits per heavy atom. The van der Waals surface area contributed by atoms with Crippen molar-refractivity contribution in [3.05, 3.63) is 0 Å². The molecule has 0 heterocycles. The molecule has 0 aromatic carbocycles. The first-order valence-corrected chi connectivity index (χ1v) is 3.57. The Hall–Kier alpha value is -1.46. The molecule has 6 nitrogen and oxygen atoms in total. The van der Waals surface area contributed by atoms with Crippen LogP contribution in [0.25, 0.3) is 0 Å². The minimum absolute atomic E-state index is 0.0822. The lowest BCUT2D eigenvalue weighted by Gasteiger charge is -2.15. The summed E-state index contributed by atoms with van der Waals surface area (Å²) in [5.41, 5.74) is 5.21. The Kier molecular flexibility index (Phi) is 4.59. The highest BCUT2D eigenvalue weighted by Crippen LogP contribution is 1.80. The molecule has 0 radical (unpaired) electrons. The van der Waals surface area contributed by atoms with E-state index in [4.69, 9.17) is 10.9 Å². The summed E-state index contributed by atoms with van der Waals surface area (Å²) in [4.78, 5) is 12.3. The van der Waals surface area contributed by atoms with Crippen molar-refractivity contribution >= 4 is 11.9 Å². The number of amides is 1. The van der Waals surface area contributed by atoms with Crippen LogP contribution in [-0.2, 0) is 4.79 Å². The van der Waals surface area contributed by atoms with Gasteiger partial charge in [0.15, 0.2) is 0 Å². The van der Waals surface area contributed by atoms with Gasteiger partial charge >= 0.3 is 0 Å². The molecule has 1 amide bonds. The third-order valence-corrected chi connectivity index (χ3v) is 1.25. The lowest BCUT2D eigenvalue weighted by molar-refractivity contribution is -0.121. The van der Waals surface area contributed by atoms with E-state index in [0.29, 0.717) is 6.54 Å². The van der Waals surface area contributed by atoms with Gasteiger partial charge in [-0.1, -0.05) is 5.16 Å². The van der Waals surface area contributed by atoms with Gasteiger partial charge in [-0.05, 0) is 6.92 Å². The second-order valence-electron chi connectivity index (χ2n) is 2.27. The van der Waals surface area contributed by atoms with E-state index in [1.54, 1.807) is 7.05 Å². The first-order valence-electron chi connectivity index (χ1n) is 3.57. The van der Waals surface area contributed by atoms with Gasteiger partial charge in [-0.3, -0.25) is 4.79 Å². The van der Waals surface area contributed by atoms with Gasteiger partial charge in [0.05, 0.1) is 6.54 Å². The van der Waals surface area contributed by atoms with E-state index in [1.165, 1.54) is 4.90 Å². The maximum absolute atomic E-state index is 10.9. The summed E-state index contributed by atoms with van der Waals surface area (Å²) in [7, 11) is 1.56. The zero-order valence-electron chi connectivity index (χ0n) is 7.24. The molecule has 0 saturated heterocycles. The second-order valence-corrected chi connectivity index (χ2v) is 2.27. The summed E-state index contributed by atoms with van der Waals surface area (Å²) in [6.45, 7) is 2.48. The van der Waals surface area contributed by atoms with Crippen LogP contribution in [0.15, 0.2) is 5.16 Å². The van der Waals surface area contributed by atoms with Crippen molar-refractivity contribution < 1.29 is 10.0 Å². The summed E-state index contributed by atoms with van der Waals surface area (Å²) in [5, 5.41) is 13.6. The Morgan fingerprint density at radius 2 is 2.33 bits per heavy atom. The van der Waals surface area contributed by atoms with E-state index in [9.17, 15) is 4.79 Å². The molecule has 0 aliphatic heterocycles. The van der Waals surface area contributed by atoms with Crippen LogP contribution in [0.3, 0.4) is 0 Å². The van der Waals surface area contributed by atoms with E-state index in [2.05, 4.69) is 10.5 Å². The summed E-state index contributed by atoms with van der Waals surface area (Å²) in [6, 6.07) is 0. The quantitative estimate of drug-likeness (QED) is 0.216. The van der Waals surface area contributed by atoms with Crippen molar-refractivity contribution in [1.82, 2.24) is 10.2 Å². The molecule has 6 heteroatoms. The lowest BCUT2D eigenvalue weighted by Crippen LogP contribution is -2.41. The lowest BCUT2D eigenvalue weighted by atomic mass is 10.5. The average Bonchev–Trinajstić information content (AvgIpc) is 2.03. The number of carbonyl (C=O) groups is 1. The molecule has 0 unspecified atom stereocenters. The topological polar surface area (TPSA) is 91.0 Å². The van der Waals surface area contributed by atoms with Crippen molar-refractivity contribution in [2.24, 2.45) is 10.9 Å². The van der Waals surface area contributed by atoms with Gasteiger partial charge < -0.3 is 21.2 Å². The highest BCUT2D eigenvalue weighted by Gasteiger charge is 2.06. The molecule has 12 heavy (non-hydrogen) atoms. The van der Waals surface area contributed by atoms with Crippen LogP contribution in [0.1, 0.15) is 6.92 Å². The number of rotatable bonds is 3. The summed E-state index contributed by atoms with van der Waals surface area (Å²) >= 11 is 0. The predicted molar refractivity (Wildman–Crippen MR) is 44.7 cm³/mol. The third kappa shape index (κ3) is 3.65. The summed E-state index contributed by atoms with van der Waals surface area (Å²) in [5.74, 6) is -0.243. The molecule has 0 aliphatic rings. The molecule has 0 aromatic heterocycles. The highest BCUT2D eigenvalue weighted by atomic mass is 16.4. The van der Waals surface area contributed by atoms with Crippen molar-refractivity contribution in [3.8, 4) is 0 Å². The molecule has 0 fully saturated rings. The van der Waals surface area contributed by atoms with Gasteiger partial charge in [0.2, 0.25) is 11.9 Å². The SMILES string of the molecule is CCNC(=O)CN(C)C(N)=NO. The van der Waals surface area contributed by atoms with Crippen molar-refractivity contribution in [1.29, 1.82) is 0 Å². The Morgan fingerprint density at radius 3 is 2.75 bits per heavy atom. The van der Waals surface area contributed by atoms with Crippen LogP contribution in [0.2, 0.25) is 0 Å². The largest absolute Gasteiger partial charge is 0.408 e. The van der Waals surface area contributed by atoms with E-state index in [0.717, 1.165) is 0 Å². The van der Waals surface area contributed by atoms with Crippen LogP contribution in [0.4, 0.5) is 0 Å². The first-order chi connectivity index (χ1) is 5.61. The number of nitrogens with zero attached hydrogens (tertiary/aromatic N) is 2. The van der Waals surface area contributed by atoms with Gasteiger partial charge in [-0.15, -0.1) is 0 Å². The van der Waals surface area contributed by atoms with Gasteiger partial charge in [0.1, 0.15) is 0 Å². The highest BCUT2D eigenvalue weighted by molar-refractivity contribution is 5.85.